The molecule has 0 aromatic heterocycles. The first-order chi connectivity index (χ1) is 7.95. The van der Waals surface area contributed by atoms with Gasteiger partial charge in [-0.2, -0.15) is 0 Å². The lowest BCUT2D eigenvalue weighted by Gasteiger charge is -2.50. The molecule has 1 aromatic carbocycles. The summed E-state index contributed by atoms with van der Waals surface area (Å²) < 4.78 is 1.12. The maximum absolute atomic E-state index is 9.75. The van der Waals surface area contributed by atoms with Crippen molar-refractivity contribution in [3.63, 3.8) is 0 Å². The molecule has 0 aliphatic heterocycles. The minimum absolute atomic E-state index is 0.0297. The van der Waals surface area contributed by atoms with Crippen molar-refractivity contribution in [1.29, 1.82) is 0 Å². The summed E-state index contributed by atoms with van der Waals surface area (Å²) in [6.45, 7) is 6.39. The highest BCUT2D eigenvalue weighted by atomic mass is 79.9. The predicted molar refractivity (Wildman–Crippen MR) is 75.3 cm³/mol. The number of hydrogen-bond acceptors (Lipinski definition) is 2. The second kappa shape index (κ2) is 4.62. The highest BCUT2D eigenvalue weighted by Gasteiger charge is 2.47. The van der Waals surface area contributed by atoms with Crippen LogP contribution in [0.5, 0.6) is 0 Å². The molecular formula is C14H20BrNO. The number of aliphatic hydroxyl groups is 1. The van der Waals surface area contributed by atoms with Gasteiger partial charge in [-0.05, 0) is 36.6 Å². The van der Waals surface area contributed by atoms with E-state index < -0.39 is 0 Å². The third-order valence-electron chi connectivity index (χ3n) is 3.99. The zero-order valence-electron chi connectivity index (χ0n) is 10.6. The second-order valence-corrected chi connectivity index (χ2v) is 6.34. The van der Waals surface area contributed by atoms with Crippen LogP contribution in [-0.2, 0) is 6.42 Å². The van der Waals surface area contributed by atoms with Crippen molar-refractivity contribution in [3.8, 4) is 0 Å². The van der Waals surface area contributed by atoms with Gasteiger partial charge >= 0.3 is 0 Å². The first-order valence-corrected chi connectivity index (χ1v) is 6.97. The fourth-order valence-corrected chi connectivity index (χ4v) is 2.74. The number of halogens is 1. The minimum atomic E-state index is -0.180. The number of aliphatic hydroxyl groups excluding tert-OH is 1. The smallest absolute Gasteiger partial charge is 0.0630 e. The maximum Gasteiger partial charge on any atom is 0.0630 e. The van der Waals surface area contributed by atoms with Gasteiger partial charge in [0.2, 0.25) is 0 Å². The molecule has 2 rings (SSSR count). The first-order valence-electron chi connectivity index (χ1n) is 6.18. The molecule has 0 heterocycles. The minimum Gasteiger partial charge on any atom is -0.392 e. The maximum atomic E-state index is 9.75. The van der Waals surface area contributed by atoms with E-state index in [0.717, 1.165) is 17.3 Å². The van der Waals surface area contributed by atoms with E-state index in [0.29, 0.717) is 6.04 Å². The second-order valence-electron chi connectivity index (χ2n) is 5.42. The van der Waals surface area contributed by atoms with Crippen molar-refractivity contribution in [2.24, 2.45) is 5.41 Å². The average Bonchev–Trinajstić information content (AvgIpc) is 2.30. The SMILES string of the molecule is CCc1cc(Br)ccc1NC1CC(O)C1(C)C. The highest BCUT2D eigenvalue weighted by Crippen LogP contribution is 2.42. The quantitative estimate of drug-likeness (QED) is 0.894. The van der Waals surface area contributed by atoms with Crippen LogP contribution in [0.2, 0.25) is 0 Å². The molecule has 1 fully saturated rings. The highest BCUT2D eigenvalue weighted by molar-refractivity contribution is 9.10. The summed E-state index contributed by atoms with van der Waals surface area (Å²) in [5, 5.41) is 13.3. The number of hydrogen-bond donors (Lipinski definition) is 2. The number of nitrogens with one attached hydrogen (secondary N) is 1. The van der Waals surface area contributed by atoms with Gasteiger partial charge in [0, 0.05) is 21.6 Å². The topological polar surface area (TPSA) is 32.3 Å². The Morgan fingerprint density at radius 1 is 1.47 bits per heavy atom. The molecular weight excluding hydrogens is 278 g/mol. The zero-order valence-corrected chi connectivity index (χ0v) is 12.2. The molecule has 0 spiro atoms. The molecule has 3 heteroatoms. The van der Waals surface area contributed by atoms with Gasteiger partial charge < -0.3 is 10.4 Å². The molecule has 1 aliphatic carbocycles. The standard InChI is InChI=1S/C14H20BrNO/c1-4-9-7-10(15)5-6-11(9)16-12-8-13(17)14(12,2)3/h5-7,12-13,16-17H,4,8H2,1-3H3. The molecule has 1 saturated carbocycles. The van der Waals surface area contributed by atoms with E-state index in [1.807, 2.05) is 0 Å². The van der Waals surface area contributed by atoms with Crippen LogP contribution in [0.15, 0.2) is 22.7 Å². The summed E-state index contributed by atoms with van der Waals surface area (Å²) >= 11 is 3.50. The average molecular weight is 298 g/mol. The van der Waals surface area contributed by atoms with Gasteiger partial charge in [0.15, 0.2) is 0 Å². The molecule has 0 amide bonds. The Labute approximate surface area is 112 Å². The summed E-state index contributed by atoms with van der Waals surface area (Å²) in [7, 11) is 0. The fourth-order valence-electron chi connectivity index (χ4n) is 2.33. The van der Waals surface area contributed by atoms with E-state index in [2.05, 4.69) is 60.2 Å². The number of aryl methyl sites for hydroxylation is 1. The monoisotopic (exact) mass is 297 g/mol. The van der Waals surface area contributed by atoms with Crippen LogP contribution < -0.4 is 5.32 Å². The van der Waals surface area contributed by atoms with Gasteiger partial charge in [-0.3, -0.25) is 0 Å². The Balaban J connectivity index is 2.15. The predicted octanol–water partition coefficient (Wildman–Crippen LogP) is 3.58. The molecule has 0 radical (unpaired) electrons. The van der Waals surface area contributed by atoms with E-state index in [9.17, 15) is 5.11 Å². The van der Waals surface area contributed by atoms with Crippen molar-refractivity contribution in [2.45, 2.75) is 45.8 Å². The fraction of sp³-hybridized carbons (Fsp3) is 0.571. The summed E-state index contributed by atoms with van der Waals surface area (Å²) in [5.41, 5.74) is 2.48. The Kier molecular flexibility index (Phi) is 3.50. The molecule has 17 heavy (non-hydrogen) atoms. The molecule has 0 bridgehead atoms. The Morgan fingerprint density at radius 3 is 2.71 bits per heavy atom. The summed E-state index contributed by atoms with van der Waals surface area (Å²) in [4.78, 5) is 0. The normalized spacial score (nSPS) is 26.4. The molecule has 2 nitrogen and oxygen atoms in total. The number of benzene rings is 1. The van der Waals surface area contributed by atoms with Gasteiger partial charge in [-0.25, -0.2) is 0 Å². The molecule has 2 atom stereocenters. The Morgan fingerprint density at radius 2 is 2.18 bits per heavy atom. The van der Waals surface area contributed by atoms with Crippen molar-refractivity contribution >= 4 is 21.6 Å². The van der Waals surface area contributed by atoms with Crippen molar-refractivity contribution in [3.05, 3.63) is 28.2 Å². The Hall–Kier alpha value is -0.540. The van der Waals surface area contributed by atoms with Crippen LogP contribution in [0.4, 0.5) is 5.69 Å². The largest absolute Gasteiger partial charge is 0.392 e. The number of anilines is 1. The number of rotatable bonds is 3. The molecule has 2 N–H and O–H groups in total. The van der Waals surface area contributed by atoms with Gasteiger partial charge in [-0.15, -0.1) is 0 Å². The van der Waals surface area contributed by atoms with Gasteiger partial charge in [0.05, 0.1) is 6.10 Å². The van der Waals surface area contributed by atoms with Crippen LogP contribution in [-0.4, -0.2) is 17.3 Å². The lowest BCUT2D eigenvalue weighted by molar-refractivity contribution is -0.0510. The lowest BCUT2D eigenvalue weighted by Crippen LogP contribution is -2.57. The van der Waals surface area contributed by atoms with E-state index in [1.165, 1.54) is 11.3 Å². The van der Waals surface area contributed by atoms with Crippen LogP contribution >= 0.6 is 15.9 Å². The summed E-state index contributed by atoms with van der Waals surface area (Å²) in [6, 6.07) is 6.70. The van der Waals surface area contributed by atoms with Crippen molar-refractivity contribution in [1.82, 2.24) is 0 Å². The lowest BCUT2D eigenvalue weighted by atomic mass is 9.64. The van der Waals surface area contributed by atoms with Crippen LogP contribution in [0.3, 0.4) is 0 Å². The summed E-state index contributed by atoms with van der Waals surface area (Å²) in [6.07, 6.45) is 1.67. The molecule has 1 aliphatic rings. The third kappa shape index (κ3) is 2.36. The van der Waals surface area contributed by atoms with Gasteiger partial charge in [0.1, 0.15) is 0 Å². The van der Waals surface area contributed by atoms with Gasteiger partial charge in [0.25, 0.3) is 0 Å². The van der Waals surface area contributed by atoms with Crippen LogP contribution in [0.1, 0.15) is 32.8 Å². The summed E-state index contributed by atoms with van der Waals surface area (Å²) in [5.74, 6) is 0. The third-order valence-corrected chi connectivity index (χ3v) is 4.49. The van der Waals surface area contributed by atoms with E-state index >= 15 is 0 Å². The zero-order chi connectivity index (χ0) is 12.6. The van der Waals surface area contributed by atoms with Crippen molar-refractivity contribution in [2.75, 3.05) is 5.32 Å². The molecule has 2 unspecified atom stereocenters. The van der Waals surface area contributed by atoms with Crippen LogP contribution in [0.25, 0.3) is 0 Å². The molecule has 94 valence electrons. The Bertz CT molecular complexity index is 417. The van der Waals surface area contributed by atoms with E-state index in [1.54, 1.807) is 0 Å². The van der Waals surface area contributed by atoms with Crippen molar-refractivity contribution < 1.29 is 5.11 Å². The van der Waals surface area contributed by atoms with Crippen LogP contribution in [0, 0.1) is 5.41 Å². The van der Waals surface area contributed by atoms with E-state index in [-0.39, 0.29) is 11.5 Å². The van der Waals surface area contributed by atoms with Gasteiger partial charge in [-0.1, -0.05) is 36.7 Å². The first kappa shape index (κ1) is 12.9. The van der Waals surface area contributed by atoms with E-state index in [4.69, 9.17) is 0 Å². The molecule has 1 aromatic rings. The molecule has 0 saturated heterocycles.